The van der Waals surface area contributed by atoms with Gasteiger partial charge >= 0.3 is 5.97 Å². The van der Waals surface area contributed by atoms with Crippen molar-refractivity contribution < 1.29 is 14.6 Å². The van der Waals surface area contributed by atoms with Crippen LogP contribution in [0.4, 0.5) is 0 Å². The number of benzene rings is 1. The number of hydrogen-bond donors (Lipinski definition) is 1. The monoisotopic (exact) mass is 290 g/mol. The Bertz CT molecular complexity index is 512. The van der Waals surface area contributed by atoms with Gasteiger partial charge in [-0.25, -0.2) is 0 Å². The fourth-order valence-corrected chi connectivity index (χ4v) is 3.18. The molecule has 0 amide bonds. The molecule has 0 saturated carbocycles. The van der Waals surface area contributed by atoms with Crippen molar-refractivity contribution in [1.29, 1.82) is 0 Å². The van der Waals surface area contributed by atoms with Gasteiger partial charge in [-0.2, -0.15) is 0 Å². The molecule has 0 bridgehead atoms. The van der Waals surface area contributed by atoms with Crippen molar-refractivity contribution in [3.05, 3.63) is 29.8 Å². The summed E-state index contributed by atoms with van der Waals surface area (Å²) in [4.78, 5) is 16.4. The molecule has 0 aliphatic carbocycles. The van der Waals surface area contributed by atoms with Gasteiger partial charge in [0.15, 0.2) is 0 Å². The Labute approximate surface area is 125 Å². The van der Waals surface area contributed by atoms with Crippen LogP contribution in [0.25, 0.3) is 0 Å². The van der Waals surface area contributed by atoms with Gasteiger partial charge in [-0.05, 0) is 24.6 Å². The summed E-state index contributed by atoms with van der Waals surface area (Å²) >= 11 is 0. The Hall–Kier alpha value is -1.59. The molecule has 5 nitrogen and oxygen atoms in total. The highest BCUT2D eigenvalue weighted by atomic mass is 16.6. The number of aromatic hydroxyl groups is 1. The number of phenolic OH excluding ortho intramolecular Hbond substituents is 1. The van der Waals surface area contributed by atoms with Crippen LogP contribution in [-0.4, -0.2) is 59.2 Å². The van der Waals surface area contributed by atoms with E-state index in [4.69, 9.17) is 4.74 Å². The molecule has 0 aromatic heterocycles. The van der Waals surface area contributed by atoms with Gasteiger partial charge in [-0.3, -0.25) is 14.6 Å². The summed E-state index contributed by atoms with van der Waals surface area (Å²) in [6.45, 7) is 6.46. The molecule has 114 valence electrons. The SMILES string of the molecule is C[C@@H]1C[C@@H](N2CCN(Cc3cccc(O)c3)CC2)C(=O)O1. The molecule has 0 spiro atoms. The number of ether oxygens (including phenoxy) is 1. The van der Waals surface area contributed by atoms with Crippen LogP contribution in [0, 0.1) is 0 Å². The van der Waals surface area contributed by atoms with Crippen LogP contribution < -0.4 is 0 Å². The van der Waals surface area contributed by atoms with Crippen LogP contribution in [0.3, 0.4) is 0 Å². The normalized spacial score (nSPS) is 27.8. The molecular formula is C16H22N2O3. The Kier molecular flexibility index (Phi) is 4.12. The molecule has 2 aliphatic rings. The first kappa shape index (κ1) is 14.4. The summed E-state index contributed by atoms with van der Waals surface area (Å²) in [6.07, 6.45) is 0.860. The Morgan fingerprint density at radius 1 is 1.29 bits per heavy atom. The maximum atomic E-state index is 11.8. The predicted molar refractivity (Wildman–Crippen MR) is 78.9 cm³/mol. The summed E-state index contributed by atoms with van der Waals surface area (Å²) in [6, 6.07) is 7.35. The molecule has 0 unspecified atom stereocenters. The zero-order valence-corrected chi connectivity index (χ0v) is 12.4. The van der Waals surface area contributed by atoms with Crippen molar-refractivity contribution in [2.45, 2.75) is 32.0 Å². The second kappa shape index (κ2) is 6.03. The number of esters is 1. The topological polar surface area (TPSA) is 53.0 Å². The molecule has 0 radical (unpaired) electrons. The first-order chi connectivity index (χ1) is 10.1. The van der Waals surface area contributed by atoms with Gasteiger partial charge in [0.25, 0.3) is 0 Å². The number of rotatable bonds is 3. The van der Waals surface area contributed by atoms with Crippen molar-refractivity contribution >= 4 is 5.97 Å². The minimum atomic E-state index is -0.0658. The molecule has 2 heterocycles. The lowest BCUT2D eigenvalue weighted by Gasteiger charge is -2.36. The van der Waals surface area contributed by atoms with Crippen molar-refractivity contribution in [2.24, 2.45) is 0 Å². The van der Waals surface area contributed by atoms with Crippen molar-refractivity contribution in [1.82, 2.24) is 9.80 Å². The predicted octanol–water partition coefficient (Wildman–Crippen LogP) is 1.21. The summed E-state index contributed by atoms with van der Waals surface area (Å²) < 4.78 is 5.24. The van der Waals surface area contributed by atoms with Crippen LogP contribution >= 0.6 is 0 Å². The molecule has 2 saturated heterocycles. The molecule has 1 N–H and O–H groups in total. The smallest absolute Gasteiger partial charge is 0.323 e. The average molecular weight is 290 g/mol. The molecule has 2 fully saturated rings. The summed E-state index contributed by atoms with van der Waals surface area (Å²) in [7, 11) is 0. The number of nitrogens with zero attached hydrogens (tertiary/aromatic N) is 2. The van der Waals surface area contributed by atoms with E-state index in [1.165, 1.54) is 0 Å². The van der Waals surface area contributed by atoms with Gasteiger partial charge in [0, 0.05) is 39.1 Å². The molecule has 5 heteroatoms. The quantitative estimate of drug-likeness (QED) is 0.848. The Morgan fingerprint density at radius 2 is 2.05 bits per heavy atom. The van der Waals surface area contributed by atoms with Crippen LogP contribution in [-0.2, 0) is 16.1 Å². The lowest BCUT2D eigenvalue weighted by Crippen LogP contribution is -2.51. The van der Waals surface area contributed by atoms with E-state index in [9.17, 15) is 9.90 Å². The number of cyclic esters (lactones) is 1. The Balaban J connectivity index is 1.52. The van der Waals surface area contributed by atoms with Gasteiger partial charge in [0.2, 0.25) is 0 Å². The highest BCUT2D eigenvalue weighted by molar-refractivity contribution is 5.78. The van der Waals surface area contributed by atoms with Gasteiger partial charge in [0.05, 0.1) is 0 Å². The van der Waals surface area contributed by atoms with E-state index >= 15 is 0 Å². The van der Waals surface area contributed by atoms with Gasteiger partial charge in [-0.15, -0.1) is 0 Å². The minimum Gasteiger partial charge on any atom is -0.508 e. The maximum absolute atomic E-state index is 11.8. The number of carbonyl (C=O) groups is 1. The molecule has 21 heavy (non-hydrogen) atoms. The van der Waals surface area contributed by atoms with Crippen LogP contribution in [0.2, 0.25) is 0 Å². The largest absolute Gasteiger partial charge is 0.508 e. The second-order valence-electron chi connectivity index (χ2n) is 5.98. The van der Waals surface area contributed by atoms with Gasteiger partial charge in [0.1, 0.15) is 17.9 Å². The summed E-state index contributed by atoms with van der Waals surface area (Å²) in [5.74, 6) is 0.248. The van der Waals surface area contributed by atoms with Crippen molar-refractivity contribution in [2.75, 3.05) is 26.2 Å². The first-order valence-corrected chi connectivity index (χ1v) is 7.56. The summed E-state index contributed by atoms with van der Waals surface area (Å²) in [5, 5.41) is 9.50. The van der Waals surface area contributed by atoms with Gasteiger partial charge in [-0.1, -0.05) is 12.1 Å². The third-order valence-corrected chi connectivity index (χ3v) is 4.31. The van der Waals surface area contributed by atoms with E-state index in [-0.39, 0.29) is 18.1 Å². The summed E-state index contributed by atoms with van der Waals surface area (Å²) in [5.41, 5.74) is 1.12. The molecule has 2 atom stereocenters. The van der Waals surface area contributed by atoms with E-state index in [1.54, 1.807) is 6.07 Å². The van der Waals surface area contributed by atoms with Crippen molar-refractivity contribution in [3.63, 3.8) is 0 Å². The highest BCUT2D eigenvalue weighted by Crippen LogP contribution is 2.22. The molecule has 2 aliphatic heterocycles. The first-order valence-electron chi connectivity index (χ1n) is 7.56. The zero-order chi connectivity index (χ0) is 14.8. The zero-order valence-electron chi connectivity index (χ0n) is 12.4. The fraction of sp³-hybridized carbons (Fsp3) is 0.562. The van der Waals surface area contributed by atoms with E-state index in [0.29, 0.717) is 5.75 Å². The van der Waals surface area contributed by atoms with Gasteiger partial charge < -0.3 is 9.84 Å². The van der Waals surface area contributed by atoms with Crippen LogP contribution in [0.5, 0.6) is 5.75 Å². The number of carbonyl (C=O) groups excluding carboxylic acids is 1. The minimum absolute atomic E-state index is 0.0489. The van der Waals surface area contributed by atoms with Crippen LogP contribution in [0.15, 0.2) is 24.3 Å². The van der Waals surface area contributed by atoms with E-state index < -0.39 is 0 Å². The number of phenols is 1. The average Bonchev–Trinajstić information content (AvgIpc) is 2.79. The van der Waals surface area contributed by atoms with Crippen LogP contribution in [0.1, 0.15) is 18.9 Å². The molecule has 1 aromatic carbocycles. The molecule has 1 aromatic rings. The third kappa shape index (κ3) is 3.36. The fourth-order valence-electron chi connectivity index (χ4n) is 3.18. The third-order valence-electron chi connectivity index (χ3n) is 4.31. The Morgan fingerprint density at radius 3 is 2.67 bits per heavy atom. The number of hydrogen-bond acceptors (Lipinski definition) is 5. The van der Waals surface area contributed by atoms with E-state index in [2.05, 4.69) is 9.80 Å². The highest BCUT2D eigenvalue weighted by Gasteiger charge is 2.37. The lowest BCUT2D eigenvalue weighted by atomic mass is 10.1. The maximum Gasteiger partial charge on any atom is 0.323 e. The van der Waals surface area contributed by atoms with E-state index in [1.807, 2.05) is 25.1 Å². The standard InChI is InChI=1S/C16H22N2O3/c1-12-9-15(16(20)21-12)18-7-5-17(6-8-18)11-13-3-2-4-14(19)10-13/h2-4,10,12,15,19H,5-9,11H2,1H3/t12-,15-/m1/s1. The second-order valence-corrected chi connectivity index (χ2v) is 5.98. The number of piperazine rings is 1. The molecular weight excluding hydrogens is 268 g/mol. The van der Waals surface area contributed by atoms with E-state index in [0.717, 1.165) is 44.7 Å². The molecule has 3 rings (SSSR count). The van der Waals surface area contributed by atoms with Crippen molar-refractivity contribution in [3.8, 4) is 5.75 Å². The lowest BCUT2D eigenvalue weighted by molar-refractivity contribution is -0.145.